The van der Waals surface area contributed by atoms with Crippen molar-refractivity contribution >= 4 is 9.84 Å². The molecule has 1 aliphatic heterocycles. The molecule has 0 radical (unpaired) electrons. The molecule has 21 heavy (non-hydrogen) atoms. The van der Waals surface area contributed by atoms with Crippen LogP contribution in [0.25, 0.3) is 0 Å². The van der Waals surface area contributed by atoms with E-state index in [1.807, 2.05) is 12.1 Å². The van der Waals surface area contributed by atoms with Crippen molar-refractivity contribution in [3.05, 3.63) is 29.8 Å². The highest BCUT2D eigenvalue weighted by Gasteiger charge is 2.29. The first-order valence-electron chi connectivity index (χ1n) is 7.41. The number of nitrogens with one attached hydrogen (secondary N) is 1. The Labute approximate surface area is 128 Å². The molecule has 1 aliphatic rings. The van der Waals surface area contributed by atoms with Crippen LogP contribution in [-0.2, 0) is 16.4 Å². The van der Waals surface area contributed by atoms with Gasteiger partial charge in [-0.15, -0.1) is 0 Å². The number of piperazine rings is 1. The van der Waals surface area contributed by atoms with Crippen molar-refractivity contribution in [2.24, 2.45) is 5.41 Å². The van der Waals surface area contributed by atoms with Crippen LogP contribution in [0.5, 0.6) is 0 Å². The quantitative estimate of drug-likeness (QED) is 0.926. The van der Waals surface area contributed by atoms with Gasteiger partial charge in [-0.05, 0) is 23.1 Å². The zero-order valence-electron chi connectivity index (χ0n) is 13.4. The van der Waals surface area contributed by atoms with E-state index in [9.17, 15) is 8.42 Å². The summed E-state index contributed by atoms with van der Waals surface area (Å²) in [6.45, 7) is 10.7. The van der Waals surface area contributed by atoms with Crippen molar-refractivity contribution in [2.75, 3.05) is 25.9 Å². The first-order chi connectivity index (χ1) is 9.66. The van der Waals surface area contributed by atoms with E-state index in [-0.39, 0.29) is 5.41 Å². The van der Waals surface area contributed by atoms with E-state index in [0.29, 0.717) is 10.9 Å². The summed E-state index contributed by atoms with van der Waals surface area (Å²) in [6.07, 6.45) is 1.24. The Morgan fingerprint density at radius 1 is 1.24 bits per heavy atom. The second-order valence-corrected chi connectivity index (χ2v) is 9.04. The number of hydrogen-bond acceptors (Lipinski definition) is 4. The number of sulfone groups is 1. The smallest absolute Gasteiger partial charge is 0.175 e. The van der Waals surface area contributed by atoms with E-state index in [0.717, 1.165) is 31.7 Å². The summed E-state index contributed by atoms with van der Waals surface area (Å²) in [4.78, 5) is 2.82. The summed E-state index contributed by atoms with van der Waals surface area (Å²) in [7, 11) is -3.10. The fraction of sp³-hybridized carbons (Fsp3) is 0.625. The molecule has 0 aromatic heterocycles. The Hall–Kier alpha value is -0.910. The van der Waals surface area contributed by atoms with Crippen LogP contribution in [0.4, 0.5) is 0 Å². The highest BCUT2D eigenvalue weighted by Crippen LogP contribution is 2.22. The lowest BCUT2D eigenvalue weighted by Crippen LogP contribution is -2.55. The van der Waals surface area contributed by atoms with Gasteiger partial charge in [-0.3, -0.25) is 4.90 Å². The Bertz CT molecular complexity index is 573. The van der Waals surface area contributed by atoms with E-state index in [1.54, 1.807) is 12.1 Å². The SMILES string of the molecule is CC(C)(C)C1CN(Cc2ccc(S(C)(=O)=O)cc2)CCN1. The maximum absolute atomic E-state index is 11.5. The van der Waals surface area contributed by atoms with Gasteiger partial charge in [0.25, 0.3) is 0 Å². The molecule has 1 N–H and O–H groups in total. The van der Waals surface area contributed by atoms with Gasteiger partial charge < -0.3 is 5.32 Å². The van der Waals surface area contributed by atoms with Gasteiger partial charge in [-0.1, -0.05) is 32.9 Å². The number of nitrogens with zero attached hydrogens (tertiary/aromatic N) is 1. The maximum Gasteiger partial charge on any atom is 0.175 e. The zero-order valence-corrected chi connectivity index (χ0v) is 14.2. The van der Waals surface area contributed by atoms with Gasteiger partial charge in [-0.2, -0.15) is 0 Å². The third-order valence-electron chi connectivity index (χ3n) is 4.06. The molecule has 0 spiro atoms. The monoisotopic (exact) mass is 310 g/mol. The molecule has 118 valence electrons. The lowest BCUT2D eigenvalue weighted by atomic mass is 9.85. The lowest BCUT2D eigenvalue weighted by Gasteiger charge is -2.40. The number of rotatable bonds is 3. The van der Waals surface area contributed by atoms with Gasteiger partial charge in [0.2, 0.25) is 0 Å². The van der Waals surface area contributed by atoms with Gasteiger partial charge >= 0.3 is 0 Å². The molecule has 2 rings (SSSR count). The zero-order chi connectivity index (χ0) is 15.7. The fourth-order valence-corrected chi connectivity index (χ4v) is 3.27. The fourth-order valence-electron chi connectivity index (χ4n) is 2.63. The van der Waals surface area contributed by atoms with Crippen LogP contribution < -0.4 is 5.32 Å². The predicted octanol–water partition coefficient (Wildman–Crippen LogP) is 1.91. The Morgan fingerprint density at radius 3 is 2.38 bits per heavy atom. The standard InChI is InChI=1S/C16H26N2O2S/c1-16(2,3)15-12-18(10-9-17-15)11-13-5-7-14(8-6-13)21(4,19)20/h5-8,15,17H,9-12H2,1-4H3. The minimum absolute atomic E-state index is 0.249. The van der Waals surface area contributed by atoms with Crippen molar-refractivity contribution in [1.29, 1.82) is 0 Å². The van der Waals surface area contributed by atoms with Crippen molar-refractivity contribution in [1.82, 2.24) is 10.2 Å². The molecule has 1 fully saturated rings. The number of benzene rings is 1. The molecule has 1 heterocycles. The van der Waals surface area contributed by atoms with Crippen LogP contribution in [0.15, 0.2) is 29.2 Å². The minimum atomic E-state index is -3.10. The minimum Gasteiger partial charge on any atom is -0.311 e. The molecule has 5 heteroatoms. The Balaban J connectivity index is 2.01. The van der Waals surface area contributed by atoms with Crippen LogP contribution in [0.3, 0.4) is 0 Å². The molecule has 1 aromatic carbocycles. The maximum atomic E-state index is 11.5. The Morgan fingerprint density at radius 2 is 1.86 bits per heavy atom. The highest BCUT2D eigenvalue weighted by atomic mass is 32.2. The lowest BCUT2D eigenvalue weighted by molar-refractivity contribution is 0.129. The molecule has 0 aliphatic carbocycles. The van der Waals surface area contributed by atoms with Crippen LogP contribution >= 0.6 is 0 Å². The van der Waals surface area contributed by atoms with E-state index in [4.69, 9.17) is 0 Å². The van der Waals surface area contributed by atoms with Crippen molar-refractivity contribution in [3.63, 3.8) is 0 Å². The topological polar surface area (TPSA) is 49.4 Å². The predicted molar refractivity (Wildman–Crippen MR) is 86.1 cm³/mol. The summed E-state index contributed by atoms with van der Waals surface area (Å²) in [6, 6.07) is 7.73. The van der Waals surface area contributed by atoms with Gasteiger partial charge in [0, 0.05) is 38.5 Å². The first-order valence-corrected chi connectivity index (χ1v) is 9.30. The normalized spacial score (nSPS) is 21.4. The second kappa shape index (κ2) is 6.07. The van der Waals surface area contributed by atoms with Crippen LogP contribution in [0, 0.1) is 5.41 Å². The average molecular weight is 310 g/mol. The summed E-state index contributed by atoms with van der Waals surface area (Å²) < 4.78 is 22.9. The number of hydrogen-bond donors (Lipinski definition) is 1. The largest absolute Gasteiger partial charge is 0.311 e. The molecule has 0 saturated carbocycles. The molecule has 1 saturated heterocycles. The Kier molecular flexibility index (Phi) is 4.76. The molecular weight excluding hydrogens is 284 g/mol. The highest BCUT2D eigenvalue weighted by molar-refractivity contribution is 7.90. The van der Waals surface area contributed by atoms with Gasteiger partial charge in [0.15, 0.2) is 9.84 Å². The molecule has 0 bridgehead atoms. The van der Waals surface area contributed by atoms with Crippen LogP contribution in [0.1, 0.15) is 26.3 Å². The van der Waals surface area contributed by atoms with Crippen LogP contribution in [-0.4, -0.2) is 45.2 Å². The summed E-state index contributed by atoms with van der Waals surface area (Å²) in [5, 5.41) is 3.58. The molecular formula is C16H26N2O2S. The van der Waals surface area contributed by atoms with Crippen molar-refractivity contribution in [2.45, 2.75) is 38.3 Å². The molecule has 1 unspecified atom stereocenters. The summed E-state index contributed by atoms with van der Waals surface area (Å²) >= 11 is 0. The molecule has 0 amide bonds. The van der Waals surface area contributed by atoms with E-state index >= 15 is 0 Å². The van der Waals surface area contributed by atoms with Gasteiger partial charge in [0.05, 0.1) is 4.90 Å². The van der Waals surface area contributed by atoms with Gasteiger partial charge in [-0.25, -0.2) is 8.42 Å². The average Bonchev–Trinajstić information content (AvgIpc) is 2.37. The molecule has 4 nitrogen and oxygen atoms in total. The third-order valence-corrected chi connectivity index (χ3v) is 5.19. The van der Waals surface area contributed by atoms with Crippen LogP contribution in [0.2, 0.25) is 0 Å². The van der Waals surface area contributed by atoms with E-state index < -0.39 is 9.84 Å². The van der Waals surface area contributed by atoms with Gasteiger partial charge in [0.1, 0.15) is 0 Å². The van der Waals surface area contributed by atoms with E-state index in [1.165, 1.54) is 6.26 Å². The summed E-state index contributed by atoms with van der Waals surface area (Å²) in [5.41, 5.74) is 1.41. The van der Waals surface area contributed by atoms with Crippen molar-refractivity contribution < 1.29 is 8.42 Å². The van der Waals surface area contributed by atoms with E-state index in [2.05, 4.69) is 31.0 Å². The van der Waals surface area contributed by atoms with Crippen molar-refractivity contribution in [3.8, 4) is 0 Å². The summed E-state index contributed by atoms with van der Waals surface area (Å²) in [5.74, 6) is 0. The molecule has 1 aromatic rings. The first kappa shape index (κ1) is 16.5. The second-order valence-electron chi connectivity index (χ2n) is 7.02. The third kappa shape index (κ3) is 4.53. The molecule has 1 atom stereocenters.